The van der Waals surface area contributed by atoms with Gasteiger partial charge in [0.15, 0.2) is 0 Å². The maximum Gasteiger partial charge on any atom is 0.244 e. The van der Waals surface area contributed by atoms with E-state index in [1.165, 1.54) is 5.56 Å². The summed E-state index contributed by atoms with van der Waals surface area (Å²) in [4.78, 5) is 13.6. The van der Waals surface area contributed by atoms with E-state index in [1.54, 1.807) is 23.5 Å². The van der Waals surface area contributed by atoms with E-state index in [1.807, 2.05) is 41.8 Å². The number of amides is 1. The molecule has 1 aromatic heterocycles. The predicted molar refractivity (Wildman–Crippen MR) is 111 cm³/mol. The van der Waals surface area contributed by atoms with Gasteiger partial charge in [-0.15, -0.1) is 11.3 Å². The zero-order chi connectivity index (χ0) is 18.4. The number of thiophene rings is 1. The van der Waals surface area contributed by atoms with E-state index in [-0.39, 0.29) is 11.9 Å². The van der Waals surface area contributed by atoms with Crippen LogP contribution in [0.4, 0.5) is 0 Å². The SMILES string of the molecule is CCc1ccc([C@H](NC(=O)/C=C/c2ccc(Cl)cc2)c2cccs2)cc1. The zero-order valence-corrected chi connectivity index (χ0v) is 16.1. The second kappa shape index (κ2) is 8.84. The first-order chi connectivity index (χ1) is 12.7. The molecule has 0 fully saturated rings. The number of nitrogens with one attached hydrogen (secondary N) is 1. The summed E-state index contributed by atoms with van der Waals surface area (Å²) in [6, 6.07) is 19.7. The highest BCUT2D eigenvalue weighted by molar-refractivity contribution is 7.10. The van der Waals surface area contributed by atoms with Crippen LogP contribution in [-0.4, -0.2) is 5.91 Å². The lowest BCUT2D eigenvalue weighted by Gasteiger charge is -2.17. The summed E-state index contributed by atoms with van der Waals surface area (Å²) in [5, 5.41) is 5.82. The Labute approximate surface area is 163 Å². The molecule has 26 heavy (non-hydrogen) atoms. The molecule has 0 aliphatic rings. The fourth-order valence-electron chi connectivity index (χ4n) is 2.66. The molecule has 0 aliphatic carbocycles. The van der Waals surface area contributed by atoms with Crippen molar-refractivity contribution in [2.75, 3.05) is 0 Å². The van der Waals surface area contributed by atoms with E-state index < -0.39 is 0 Å². The van der Waals surface area contributed by atoms with Crippen molar-refractivity contribution in [3.8, 4) is 0 Å². The average molecular weight is 382 g/mol. The summed E-state index contributed by atoms with van der Waals surface area (Å²) in [6.07, 6.45) is 4.35. The lowest BCUT2D eigenvalue weighted by atomic mass is 10.0. The van der Waals surface area contributed by atoms with Crippen LogP contribution in [-0.2, 0) is 11.2 Å². The van der Waals surface area contributed by atoms with E-state index in [0.717, 1.165) is 22.4 Å². The van der Waals surface area contributed by atoms with Crippen molar-refractivity contribution in [1.82, 2.24) is 5.32 Å². The minimum absolute atomic E-state index is 0.127. The molecule has 3 rings (SSSR count). The minimum Gasteiger partial charge on any atom is -0.341 e. The van der Waals surface area contributed by atoms with Gasteiger partial charge < -0.3 is 5.32 Å². The monoisotopic (exact) mass is 381 g/mol. The third-order valence-electron chi connectivity index (χ3n) is 4.13. The molecule has 1 atom stereocenters. The fourth-order valence-corrected chi connectivity index (χ4v) is 3.58. The molecule has 0 spiro atoms. The van der Waals surface area contributed by atoms with Crippen LogP contribution in [0.15, 0.2) is 72.1 Å². The lowest BCUT2D eigenvalue weighted by molar-refractivity contribution is -0.116. The predicted octanol–water partition coefficient (Wildman–Crippen LogP) is 5.88. The molecule has 2 nitrogen and oxygen atoms in total. The van der Waals surface area contributed by atoms with Gasteiger partial charge in [0, 0.05) is 16.0 Å². The summed E-state index contributed by atoms with van der Waals surface area (Å²) in [5.74, 6) is -0.127. The maximum absolute atomic E-state index is 12.5. The molecular weight excluding hydrogens is 362 g/mol. The Bertz CT molecular complexity index is 868. The van der Waals surface area contributed by atoms with Crippen molar-refractivity contribution in [2.24, 2.45) is 0 Å². The van der Waals surface area contributed by atoms with Gasteiger partial charge in [-0.1, -0.05) is 61.0 Å². The molecule has 1 amide bonds. The molecule has 4 heteroatoms. The smallest absolute Gasteiger partial charge is 0.244 e. The molecule has 0 aliphatic heterocycles. The maximum atomic E-state index is 12.5. The van der Waals surface area contributed by atoms with Crippen LogP contribution in [0.25, 0.3) is 6.08 Å². The van der Waals surface area contributed by atoms with Gasteiger partial charge in [0.2, 0.25) is 5.91 Å². The summed E-state index contributed by atoms with van der Waals surface area (Å²) < 4.78 is 0. The van der Waals surface area contributed by atoms with Gasteiger partial charge in [0.25, 0.3) is 0 Å². The summed E-state index contributed by atoms with van der Waals surface area (Å²) >= 11 is 7.53. The van der Waals surface area contributed by atoms with Gasteiger partial charge in [-0.3, -0.25) is 4.79 Å². The first kappa shape index (κ1) is 18.4. The summed E-state index contributed by atoms with van der Waals surface area (Å²) in [6.45, 7) is 2.13. The molecule has 1 heterocycles. The number of hydrogen-bond acceptors (Lipinski definition) is 2. The highest BCUT2D eigenvalue weighted by atomic mass is 35.5. The van der Waals surface area contributed by atoms with Crippen LogP contribution in [0.2, 0.25) is 5.02 Å². The normalized spacial score (nSPS) is 12.2. The van der Waals surface area contributed by atoms with E-state index in [2.05, 4.69) is 36.5 Å². The Morgan fingerprint density at radius 3 is 2.46 bits per heavy atom. The van der Waals surface area contributed by atoms with Crippen LogP contribution in [0.1, 0.15) is 34.5 Å². The number of halogens is 1. The second-order valence-corrected chi connectivity index (χ2v) is 7.35. The quantitative estimate of drug-likeness (QED) is 0.530. The molecule has 0 unspecified atom stereocenters. The fraction of sp³-hybridized carbons (Fsp3) is 0.136. The van der Waals surface area contributed by atoms with Crippen LogP contribution in [0.5, 0.6) is 0 Å². The van der Waals surface area contributed by atoms with Gasteiger partial charge in [0.05, 0.1) is 6.04 Å². The highest BCUT2D eigenvalue weighted by Crippen LogP contribution is 2.26. The molecular formula is C22H20ClNOS. The van der Waals surface area contributed by atoms with E-state index in [9.17, 15) is 4.79 Å². The number of rotatable bonds is 6. The van der Waals surface area contributed by atoms with Crippen molar-refractivity contribution in [1.29, 1.82) is 0 Å². The van der Waals surface area contributed by atoms with Gasteiger partial charge in [0.1, 0.15) is 0 Å². The van der Waals surface area contributed by atoms with Gasteiger partial charge in [-0.25, -0.2) is 0 Å². The van der Waals surface area contributed by atoms with Crippen LogP contribution in [0.3, 0.4) is 0 Å². The Kier molecular flexibility index (Phi) is 6.26. The van der Waals surface area contributed by atoms with Crippen molar-refractivity contribution in [3.63, 3.8) is 0 Å². The van der Waals surface area contributed by atoms with E-state index in [4.69, 9.17) is 11.6 Å². The highest BCUT2D eigenvalue weighted by Gasteiger charge is 2.16. The first-order valence-electron chi connectivity index (χ1n) is 8.52. The van der Waals surface area contributed by atoms with Crippen molar-refractivity contribution < 1.29 is 4.79 Å². The molecule has 2 aromatic carbocycles. The third kappa shape index (κ3) is 4.84. The molecule has 1 N–H and O–H groups in total. The van der Waals surface area contributed by atoms with E-state index >= 15 is 0 Å². The van der Waals surface area contributed by atoms with Crippen molar-refractivity contribution in [3.05, 3.63) is 98.7 Å². The molecule has 0 saturated carbocycles. The second-order valence-electron chi connectivity index (χ2n) is 5.94. The van der Waals surface area contributed by atoms with Crippen LogP contribution in [0, 0.1) is 0 Å². The number of hydrogen-bond donors (Lipinski definition) is 1. The summed E-state index contributed by atoms with van der Waals surface area (Å²) in [5.41, 5.74) is 3.30. The lowest BCUT2D eigenvalue weighted by Crippen LogP contribution is -2.27. The van der Waals surface area contributed by atoms with E-state index in [0.29, 0.717) is 5.02 Å². The summed E-state index contributed by atoms with van der Waals surface area (Å²) in [7, 11) is 0. The molecule has 132 valence electrons. The Morgan fingerprint density at radius 1 is 1.12 bits per heavy atom. The topological polar surface area (TPSA) is 29.1 Å². The van der Waals surface area contributed by atoms with Crippen LogP contribution < -0.4 is 5.32 Å². The molecule has 0 saturated heterocycles. The van der Waals surface area contributed by atoms with Crippen LogP contribution >= 0.6 is 22.9 Å². The minimum atomic E-state index is -0.150. The standard InChI is InChI=1S/C22H20ClNOS/c1-2-16-5-10-18(11-6-16)22(20-4-3-15-26-20)24-21(25)14-9-17-7-12-19(23)13-8-17/h3-15,22H,2H2,1H3,(H,24,25)/b14-9+/t22-/m0/s1. The van der Waals surface area contributed by atoms with Crippen molar-refractivity contribution >= 4 is 34.9 Å². The van der Waals surface area contributed by atoms with Gasteiger partial charge in [-0.05, 0) is 52.8 Å². The Balaban J connectivity index is 1.77. The first-order valence-corrected chi connectivity index (χ1v) is 9.78. The van der Waals surface area contributed by atoms with Gasteiger partial charge in [-0.2, -0.15) is 0 Å². The Hall–Kier alpha value is -2.36. The molecule has 0 radical (unpaired) electrons. The zero-order valence-electron chi connectivity index (χ0n) is 14.5. The molecule has 0 bridgehead atoms. The van der Waals surface area contributed by atoms with Crippen molar-refractivity contribution in [2.45, 2.75) is 19.4 Å². The number of carbonyl (C=O) groups excluding carboxylic acids is 1. The molecule has 3 aromatic rings. The average Bonchev–Trinajstić information content (AvgIpc) is 3.20. The third-order valence-corrected chi connectivity index (χ3v) is 5.32. The number of carbonyl (C=O) groups is 1. The van der Waals surface area contributed by atoms with Gasteiger partial charge >= 0.3 is 0 Å². The number of benzene rings is 2. The number of aryl methyl sites for hydroxylation is 1. The Morgan fingerprint density at radius 2 is 1.85 bits per heavy atom. The largest absolute Gasteiger partial charge is 0.341 e.